The van der Waals surface area contributed by atoms with Crippen molar-refractivity contribution >= 4 is 0 Å². The highest BCUT2D eigenvalue weighted by Crippen LogP contribution is 2.51. The maximum absolute atomic E-state index is 5.65. The van der Waals surface area contributed by atoms with Crippen molar-refractivity contribution in [1.82, 2.24) is 4.90 Å². The van der Waals surface area contributed by atoms with E-state index in [2.05, 4.69) is 25.7 Å². The zero-order chi connectivity index (χ0) is 13.4. The van der Waals surface area contributed by atoms with Gasteiger partial charge in [-0.05, 0) is 45.4 Å². The highest BCUT2D eigenvalue weighted by atomic mass is 16.5. The summed E-state index contributed by atoms with van der Waals surface area (Å²) >= 11 is 0. The van der Waals surface area contributed by atoms with Crippen LogP contribution in [0.5, 0.6) is 0 Å². The first kappa shape index (κ1) is 14.3. The summed E-state index contributed by atoms with van der Waals surface area (Å²) in [6.07, 6.45) is 5.42. The minimum Gasteiger partial charge on any atom is -0.384 e. The van der Waals surface area contributed by atoms with Gasteiger partial charge in [-0.1, -0.05) is 6.92 Å². The van der Waals surface area contributed by atoms with Crippen LogP contribution in [0.15, 0.2) is 0 Å². The van der Waals surface area contributed by atoms with Crippen molar-refractivity contribution < 1.29 is 9.47 Å². The fourth-order valence-corrected chi connectivity index (χ4v) is 4.19. The molecule has 2 saturated heterocycles. The van der Waals surface area contributed by atoms with Gasteiger partial charge in [0.1, 0.15) is 0 Å². The third kappa shape index (κ3) is 2.45. The predicted octanol–water partition coefficient (Wildman–Crippen LogP) is 2.69. The molecule has 2 aliphatic heterocycles. The van der Waals surface area contributed by atoms with Crippen LogP contribution in [0.1, 0.15) is 46.5 Å². The molecule has 4 atom stereocenters. The fraction of sp³-hybridized carbons (Fsp3) is 1.00. The van der Waals surface area contributed by atoms with Crippen LogP contribution in [0.25, 0.3) is 0 Å². The van der Waals surface area contributed by atoms with Gasteiger partial charge in [-0.3, -0.25) is 4.90 Å². The van der Waals surface area contributed by atoms with Gasteiger partial charge in [-0.2, -0.15) is 0 Å². The molecule has 0 aromatic rings. The number of piperidine rings is 1. The Morgan fingerprint density at radius 3 is 2.17 bits per heavy atom. The Bertz CT molecular complexity index is 276. The van der Waals surface area contributed by atoms with E-state index >= 15 is 0 Å². The molecule has 1 unspecified atom stereocenters. The number of hydrogen-bond donors (Lipinski definition) is 0. The van der Waals surface area contributed by atoms with Gasteiger partial charge in [-0.15, -0.1) is 0 Å². The molecule has 3 nitrogen and oxygen atoms in total. The molecule has 0 aromatic carbocycles. The average Bonchev–Trinajstić information content (AvgIpc) is 2.47. The minimum absolute atomic E-state index is 0.329. The van der Waals surface area contributed by atoms with Crippen LogP contribution in [-0.4, -0.2) is 49.5 Å². The molecule has 0 aromatic heterocycles. The van der Waals surface area contributed by atoms with Crippen molar-refractivity contribution in [2.75, 3.05) is 27.4 Å². The topological polar surface area (TPSA) is 21.7 Å². The summed E-state index contributed by atoms with van der Waals surface area (Å²) in [7, 11) is 3.66. The second-order valence-electron chi connectivity index (χ2n) is 6.93. The first-order valence-electron chi connectivity index (χ1n) is 7.23. The Balaban J connectivity index is 2.11. The smallest absolute Gasteiger partial charge is 0.0606 e. The SMILES string of the molecule is COC[C@H](C)CN1[C@@]2(C)CC[C@]1(C)CC(OC)C2. The molecule has 2 aliphatic rings. The fourth-order valence-electron chi connectivity index (χ4n) is 4.19. The monoisotopic (exact) mass is 255 g/mol. The van der Waals surface area contributed by atoms with Gasteiger partial charge in [0.25, 0.3) is 0 Å². The van der Waals surface area contributed by atoms with E-state index in [-0.39, 0.29) is 0 Å². The standard InChI is InChI=1S/C15H29NO2/c1-12(11-17-4)10-16-14(2)6-7-15(16,3)9-13(8-14)18-5/h12-13H,6-11H2,1-5H3/t12-,13?,14-,15+/m1/s1. The van der Waals surface area contributed by atoms with Crippen molar-refractivity contribution in [1.29, 1.82) is 0 Å². The second-order valence-corrected chi connectivity index (χ2v) is 6.93. The highest BCUT2D eigenvalue weighted by molar-refractivity contribution is 5.11. The Kier molecular flexibility index (Phi) is 4.05. The molecule has 106 valence electrons. The van der Waals surface area contributed by atoms with Gasteiger partial charge in [0.05, 0.1) is 6.10 Å². The molecule has 3 heteroatoms. The summed E-state index contributed by atoms with van der Waals surface area (Å²) in [5, 5.41) is 0. The number of rotatable bonds is 5. The lowest BCUT2D eigenvalue weighted by Crippen LogP contribution is -2.59. The number of nitrogens with zero attached hydrogens (tertiary/aromatic N) is 1. The van der Waals surface area contributed by atoms with E-state index in [1.165, 1.54) is 25.7 Å². The highest BCUT2D eigenvalue weighted by Gasteiger charge is 2.55. The molecule has 18 heavy (non-hydrogen) atoms. The molecule has 0 saturated carbocycles. The maximum Gasteiger partial charge on any atom is 0.0606 e. The van der Waals surface area contributed by atoms with Crippen LogP contribution >= 0.6 is 0 Å². The van der Waals surface area contributed by atoms with E-state index in [9.17, 15) is 0 Å². The first-order chi connectivity index (χ1) is 8.43. The largest absolute Gasteiger partial charge is 0.384 e. The number of ether oxygens (including phenoxy) is 2. The van der Waals surface area contributed by atoms with E-state index in [4.69, 9.17) is 9.47 Å². The van der Waals surface area contributed by atoms with Gasteiger partial charge in [0.15, 0.2) is 0 Å². The molecular formula is C15H29NO2. The molecule has 0 N–H and O–H groups in total. The summed E-state index contributed by atoms with van der Waals surface area (Å²) in [4.78, 5) is 2.75. The zero-order valence-electron chi connectivity index (χ0n) is 12.7. The van der Waals surface area contributed by atoms with Crippen LogP contribution < -0.4 is 0 Å². The maximum atomic E-state index is 5.65. The Morgan fingerprint density at radius 1 is 1.17 bits per heavy atom. The van der Waals surface area contributed by atoms with Crippen LogP contribution in [0.3, 0.4) is 0 Å². The second kappa shape index (κ2) is 5.10. The van der Waals surface area contributed by atoms with E-state index in [1.807, 2.05) is 7.11 Å². The van der Waals surface area contributed by atoms with Gasteiger partial charge in [0, 0.05) is 38.4 Å². The lowest BCUT2D eigenvalue weighted by Gasteiger charge is -2.51. The molecule has 0 spiro atoms. The van der Waals surface area contributed by atoms with Crippen LogP contribution in [-0.2, 0) is 9.47 Å². The number of fused-ring (bicyclic) bond motifs is 2. The molecular weight excluding hydrogens is 226 g/mol. The summed E-state index contributed by atoms with van der Waals surface area (Å²) in [6.45, 7) is 9.14. The van der Waals surface area contributed by atoms with Gasteiger partial charge < -0.3 is 9.47 Å². The van der Waals surface area contributed by atoms with Crippen LogP contribution in [0.4, 0.5) is 0 Å². The van der Waals surface area contributed by atoms with Crippen molar-refractivity contribution in [2.45, 2.75) is 63.6 Å². The molecule has 0 aliphatic carbocycles. The molecule has 2 fully saturated rings. The van der Waals surface area contributed by atoms with Crippen molar-refractivity contribution in [3.8, 4) is 0 Å². The lowest BCUT2D eigenvalue weighted by atomic mass is 9.83. The summed E-state index contributed by atoms with van der Waals surface area (Å²) in [6, 6.07) is 0. The number of methoxy groups -OCH3 is 2. The molecule has 0 amide bonds. The van der Waals surface area contributed by atoms with E-state index in [0.717, 1.165) is 13.2 Å². The molecule has 2 rings (SSSR count). The van der Waals surface area contributed by atoms with E-state index < -0.39 is 0 Å². The quantitative estimate of drug-likeness (QED) is 0.754. The van der Waals surface area contributed by atoms with Crippen molar-refractivity contribution in [2.24, 2.45) is 5.92 Å². The average molecular weight is 255 g/mol. The van der Waals surface area contributed by atoms with Gasteiger partial charge in [0.2, 0.25) is 0 Å². The summed E-state index contributed by atoms with van der Waals surface area (Å²) < 4.78 is 10.9. The normalized spacial score (nSPS) is 42.2. The van der Waals surface area contributed by atoms with Crippen LogP contribution in [0.2, 0.25) is 0 Å². The lowest BCUT2D eigenvalue weighted by molar-refractivity contribution is -0.0755. The predicted molar refractivity (Wildman–Crippen MR) is 73.8 cm³/mol. The minimum atomic E-state index is 0.329. The first-order valence-corrected chi connectivity index (χ1v) is 7.23. The summed E-state index contributed by atoms with van der Waals surface area (Å²) in [5.41, 5.74) is 0.658. The van der Waals surface area contributed by atoms with Crippen molar-refractivity contribution in [3.05, 3.63) is 0 Å². The van der Waals surface area contributed by atoms with Crippen LogP contribution in [0, 0.1) is 5.92 Å². The summed E-state index contributed by atoms with van der Waals surface area (Å²) in [5.74, 6) is 0.603. The van der Waals surface area contributed by atoms with Crippen molar-refractivity contribution in [3.63, 3.8) is 0 Å². The molecule has 2 heterocycles. The number of hydrogen-bond acceptors (Lipinski definition) is 3. The third-order valence-electron chi connectivity index (χ3n) is 5.12. The Morgan fingerprint density at radius 2 is 1.72 bits per heavy atom. The van der Waals surface area contributed by atoms with Gasteiger partial charge >= 0.3 is 0 Å². The molecule has 0 radical (unpaired) electrons. The zero-order valence-corrected chi connectivity index (χ0v) is 12.7. The molecule has 2 bridgehead atoms. The van der Waals surface area contributed by atoms with E-state index in [0.29, 0.717) is 23.1 Å². The Labute approximate surface area is 112 Å². The van der Waals surface area contributed by atoms with Gasteiger partial charge in [-0.25, -0.2) is 0 Å². The Hall–Kier alpha value is -0.120. The van der Waals surface area contributed by atoms with E-state index in [1.54, 1.807) is 7.11 Å². The third-order valence-corrected chi connectivity index (χ3v) is 5.12.